The van der Waals surface area contributed by atoms with Gasteiger partial charge in [-0.15, -0.1) is 0 Å². The first kappa shape index (κ1) is 19.0. The van der Waals surface area contributed by atoms with Crippen LogP contribution in [-0.2, 0) is 16.0 Å². The number of rotatable bonds is 10. The summed E-state index contributed by atoms with van der Waals surface area (Å²) >= 11 is 0. The third kappa shape index (κ3) is 6.83. The highest BCUT2D eigenvalue weighted by Crippen LogP contribution is 2.17. The van der Waals surface area contributed by atoms with E-state index in [9.17, 15) is 9.59 Å². The van der Waals surface area contributed by atoms with E-state index >= 15 is 0 Å². The molecular weight excluding hydrogens is 310 g/mol. The number of benzene rings is 1. The third-order valence-electron chi connectivity index (χ3n) is 3.20. The van der Waals surface area contributed by atoms with E-state index in [1.165, 1.54) is 6.20 Å². The summed E-state index contributed by atoms with van der Waals surface area (Å²) < 4.78 is 5.25. The third-order valence-corrected chi connectivity index (χ3v) is 3.20. The van der Waals surface area contributed by atoms with E-state index in [0.717, 1.165) is 11.3 Å². The quantitative estimate of drug-likeness (QED) is 0.338. The van der Waals surface area contributed by atoms with E-state index in [4.69, 9.17) is 15.1 Å². The van der Waals surface area contributed by atoms with Crippen LogP contribution in [0.3, 0.4) is 0 Å². The monoisotopic (exact) mass is 331 g/mol. The highest BCUT2D eigenvalue weighted by molar-refractivity contribution is 5.97. The Morgan fingerprint density at radius 3 is 2.75 bits per heavy atom. The Morgan fingerprint density at radius 1 is 1.33 bits per heavy atom. The molecule has 1 aromatic carbocycles. The topological polar surface area (TPSA) is 111 Å². The number of nitrogens with zero attached hydrogens (tertiary/aromatic N) is 1. The molecule has 128 valence electrons. The number of nitriles is 1. The molecule has 0 saturated carbocycles. The van der Waals surface area contributed by atoms with Crippen LogP contribution in [0.2, 0.25) is 0 Å². The summed E-state index contributed by atoms with van der Waals surface area (Å²) in [4.78, 5) is 22.2. The number of carboxylic acid groups (broad SMARTS) is 1. The molecule has 0 aliphatic heterocycles. The van der Waals surface area contributed by atoms with Gasteiger partial charge in [0.05, 0.1) is 7.11 Å². The molecule has 0 spiro atoms. The summed E-state index contributed by atoms with van der Waals surface area (Å²) in [5, 5.41) is 23.0. The molecular formula is C17H21N3O4. The molecule has 0 saturated heterocycles. The van der Waals surface area contributed by atoms with Crippen molar-refractivity contribution in [3.63, 3.8) is 0 Å². The first-order valence-corrected chi connectivity index (χ1v) is 7.54. The number of para-hydroxylation sites is 1. The Labute approximate surface area is 140 Å². The number of carboxylic acids is 1. The van der Waals surface area contributed by atoms with Gasteiger partial charge in [0.2, 0.25) is 0 Å². The molecule has 0 aromatic heterocycles. The minimum Gasteiger partial charge on any atom is -0.496 e. The van der Waals surface area contributed by atoms with E-state index < -0.39 is 11.9 Å². The van der Waals surface area contributed by atoms with Gasteiger partial charge in [-0.1, -0.05) is 18.2 Å². The van der Waals surface area contributed by atoms with E-state index in [0.29, 0.717) is 19.4 Å². The summed E-state index contributed by atoms with van der Waals surface area (Å²) in [5.41, 5.74) is 0.975. The summed E-state index contributed by atoms with van der Waals surface area (Å²) in [5.74, 6) is -0.647. The Hall–Kier alpha value is -3.01. The second kappa shape index (κ2) is 10.7. The molecule has 3 N–H and O–H groups in total. The van der Waals surface area contributed by atoms with E-state index in [1.807, 2.05) is 30.3 Å². The van der Waals surface area contributed by atoms with Gasteiger partial charge < -0.3 is 20.5 Å². The van der Waals surface area contributed by atoms with Gasteiger partial charge >= 0.3 is 5.97 Å². The number of hydrogen-bond donors (Lipinski definition) is 3. The fourth-order valence-electron chi connectivity index (χ4n) is 1.98. The molecule has 0 aliphatic rings. The number of hydrogen-bond acceptors (Lipinski definition) is 5. The van der Waals surface area contributed by atoms with Gasteiger partial charge in [-0.2, -0.15) is 5.26 Å². The highest BCUT2D eigenvalue weighted by atomic mass is 16.5. The van der Waals surface area contributed by atoms with Crippen molar-refractivity contribution in [3.8, 4) is 11.8 Å². The minimum atomic E-state index is -0.918. The maximum Gasteiger partial charge on any atom is 0.303 e. The molecule has 1 rings (SSSR count). The molecule has 1 aromatic rings. The van der Waals surface area contributed by atoms with Crippen molar-refractivity contribution in [3.05, 3.63) is 41.6 Å². The molecule has 24 heavy (non-hydrogen) atoms. The van der Waals surface area contributed by atoms with Crippen LogP contribution in [0.5, 0.6) is 5.75 Å². The smallest absolute Gasteiger partial charge is 0.303 e. The molecule has 0 aliphatic carbocycles. The van der Waals surface area contributed by atoms with Gasteiger partial charge in [-0.25, -0.2) is 0 Å². The molecule has 1 amide bonds. The Balaban J connectivity index is 2.41. The van der Waals surface area contributed by atoms with Crippen molar-refractivity contribution < 1.29 is 19.4 Å². The molecule has 7 heteroatoms. The van der Waals surface area contributed by atoms with Crippen LogP contribution in [0.4, 0.5) is 0 Å². The van der Waals surface area contributed by atoms with Crippen molar-refractivity contribution in [2.24, 2.45) is 0 Å². The zero-order chi connectivity index (χ0) is 17.8. The summed E-state index contributed by atoms with van der Waals surface area (Å²) in [6.45, 7) is 0.753. The van der Waals surface area contributed by atoms with Gasteiger partial charge in [0, 0.05) is 25.7 Å². The molecule has 0 unspecified atom stereocenters. The molecule has 0 heterocycles. The van der Waals surface area contributed by atoms with Crippen LogP contribution in [0, 0.1) is 11.3 Å². The average Bonchev–Trinajstić information content (AvgIpc) is 2.58. The number of ether oxygens (including phenoxy) is 1. The van der Waals surface area contributed by atoms with Crippen LogP contribution in [0.15, 0.2) is 36.0 Å². The lowest BCUT2D eigenvalue weighted by Crippen LogP contribution is -2.27. The maximum absolute atomic E-state index is 11.8. The molecule has 0 fully saturated rings. The van der Waals surface area contributed by atoms with Gasteiger partial charge in [0.1, 0.15) is 17.4 Å². The largest absolute Gasteiger partial charge is 0.496 e. The van der Waals surface area contributed by atoms with Crippen LogP contribution in [0.1, 0.15) is 18.4 Å². The maximum atomic E-state index is 11.8. The lowest BCUT2D eigenvalue weighted by molar-refractivity contribution is -0.137. The van der Waals surface area contributed by atoms with Gasteiger partial charge in [-0.3, -0.25) is 9.59 Å². The predicted molar refractivity (Wildman–Crippen MR) is 88.3 cm³/mol. The number of carbonyl (C=O) groups is 2. The SMILES string of the molecule is COc1ccccc1CCN/C=C(/C#N)C(=O)NCCCC(=O)O. The van der Waals surface area contributed by atoms with Crippen LogP contribution in [0.25, 0.3) is 0 Å². The first-order valence-electron chi connectivity index (χ1n) is 7.54. The van der Waals surface area contributed by atoms with Crippen LogP contribution < -0.4 is 15.4 Å². The van der Waals surface area contributed by atoms with Crippen molar-refractivity contribution in [1.82, 2.24) is 10.6 Å². The van der Waals surface area contributed by atoms with E-state index in [1.54, 1.807) is 7.11 Å². The molecule has 0 atom stereocenters. The fourth-order valence-corrected chi connectivity index (χ4v) is 1.98. The molecule has 7 nitrogen and oxygen atoms in total. The van der Waals surface area contributed by atoms with E-state index in [-0.39, 0.29) is 18.5 Å². The Bertz CT molecular complexity index is 635. The number of amides is 1. The van der Waals surface area contributed by atoms with E-state index in [2.05, 4.69) is 10.6 Å². The predicted octanol–water partition coefficient (Wildman–Crippen LogP) is 1.22. The van der Waals surface area contributed by atoms with Gasteiger partial charge in [0.25, 0.3) is 5.91 Å². The first-order chi connectivity index (χ1) is 11.6. The van der Waals surface area contributed by atoms with Gasteiger partial charge in [-0.05, 0) is 24.5 Å². The summed E-state index contributed by atoms with van der Waals surface area (Å²) in [6.07, 6.45) is 2.34. The zero-order valence-corrected chi connectivity index (χ0v) is 13.5. The lowest BCUT2D eigenvalue weighted by Gasteiger charge is -2.08. The van der Waals surface area contributed by atoms with Crippen LogP contribution in [-0.4, -0.2) is 37.2 Å². The highest BCUT2D eigenvalue weighted by Gasteiger charge is 2.08. The normalized spacial score (nSPS) is 10.6. The van der Waals surface area contributed by atoms with Crippen molar-refractivity contribution >= 4 is 11.9 Å². The second-order valence-electron chi connectivity index (χ2n) is 4.94. The number of aliphatic carboxylic acids is 1. The zero-order valence-electron chi connectivity index (χ0n) is 13.5. The van der Waals surface area contributed by atoms with Gasteiger partial charge in [0.15, 0.2) is 0 Å². The summed E-state index contributed by atoms with van der Waals surface area (Å²) in [6, 6.07) is 9.44. The number of carbonyl (C=O) groups excluding carboxylic acids is 1. The Kier molecular flexibility index (Phi) is 8.47. The fraction of sp³-hybridized carbons (Fsp3) is 0.353. The molecule has 0 radical (unpaired) electrons. The van der Waals surface area contributed by atoms with Crippen molar-refractivity contribution in [2.75, 3.05) is 20.2 Å². The standard InChI is InChI=1S/C17H21N3O4/c1-24-15-6-3-2-5-13(15)8-10-19-12-14(11-18)17(23)20-9-4-7-16(21)22/h2-3,5-6,12,19H,4,7-10H2,1H3,(H,20,23)(H,21,22)/b14-12-. The minimum absolute atomic E-state index is 0.0248. The summed E-state index contributed by atoms with van der Waals surface area (Å²) in [7, 11) is 1.61. The van der Waals surface area contributed by atoms with Crippen molar-refractivity contribution in [2.45, 2.75) is 19.3 Å². The number of nitrogens with one attached hydrogen (secondary N) is 2. The average molecular weight is 331 g/mol. The molecule has 0 bridgehead atoms. The second-order valence-corrected chi connectivity index (χ2v) is 4.94. The van der Waals surface area contributed by atoms with Crippen LogP contribution >= 0.6 is 0 Å². The Morgan fingerprint density at radius 2 is 2.08 bits per heavy atom. The number of methoxy groups -OCH3 is 1. The lowest BCUT2D eigenvalue weighted by atomic mass is 10.1. The van der Waals surface area contributed by atoms with Crippen molar-refractivity contribution in [1.29, 1.82) is 5.26 Å².